The van der Waals surface area contributed by atoms with Gasteiger partial charge in [0.1, 0.15) is 5.60 Å². The van der Waals surface area contributed by atoms with Crippen LogP contribution in [-0.2, 0) is 9.53 Å². The molecule has 10 heteroatoms. The first kappa shape index (κ1) is 16.3. The van der Waals surface area contributed by atoms with E-state index in [2.05, 4.69) is 10.2 Å². The smallest absolute Gasteiger partial charge is 0.410 e. The van der Waals surface area contributed by atoms with Gasteiger partial charge in [0.05, 0.1) is 12.3 Å². The van der Waals surface area contributed by atoms with Crippen molar-refractivity contribution in [1.82, 2.24) is 20.0 Å². The molecule has 8 nitrogen and oxygen atoms in total. The van der Waals surface area contributed by atoms with Crippen LogP contribution in [-0.4, -0.2) is 70.0 Å². The minimum atomic E-state index is -0.429. The fourth-order valence-electron chi connectivity index (χ4n) is 2.96. The number of likely N-dealkylation sites (tertiary alicyclic amines) is 1. The maximum Gasteiger partial charge on any atom is 0.410 e. The number of ether oxygens (including phenoxy) is 1. The Morgan fingerprint density at radius 2 is 2.26 bits per heavy atom. The van der Waals surface area contributed by atoms with Crippen LogP contribution in [0, 0.1) is 0 Å². The van der Waals surface area contributed by atoms with Crippen LogP contribution in [0.3, 0.4) is 0 Å². The molecule has 1 atom stereocenters. The Hall–Kier alpha value is -1.55. The van der Waals surface area contributed by atoms with Crippen molar-refractivity contribution >= 4 is 40.2 Å². The van der Waals surface area contributed by atoms with Gasteiger partial charge in [0.25, 0.3) is 0 Å². The molecule has 1 aromatic heterocycles. The second-order valence-electron chi connectivity index (χ2n) is 5.84. The molecule has 2 amide bonds. The highest BCUT2D eigenvalue weighted by Crippen LogP contribution is 2.33. The third-order valence-corrected chi connectivity index (χ3v) is 6.00. The summed E-state index contributed by atoms with van der Waals surface area (Å²) in [7, 11) is 1.75. The largest absolute Gasteiger partial charge is 0.441 e. The van der Waals surface area contributed by atoms with E-state index >= 15 is 0 Å². The zero-order valence-corrected chi connectivity index (χ0v) is 14.5. The van der Waals surface area contributed by atoms with Gasteiger partial charge in [-0.2, -0.15) is 0 Å². The summed E-state index contributed by atoms with van der Waals surface area (Å²) < 4.78 is 6.26. The van der Waals surface area contributed by atoms with E-state index in [1.165, 1.54) is 23.1 Å². The standard InChI is InChI=1S/C13H19N5O3S2/c1-17-8-13(21-12(17)20)3-2-5-18(6-4-13)9(19)7-22-11-16-15-10(14)23-11/h2-8H2,1H3,(H2,14,15)/t13-/m1/s1. The van der Waals surface area contributed by atoms with Crippen molar-refractivity contribution in [3.63, 3.8) is 0 Å². The summed E-state index contributed by atoms with van der Waals surface area (Å²) in [5.41, 5.74) is 5.10. The molecule has 0 radical (unpaired) electrons. The summed E-state index contributed by atoms with van der Waals surface area (Å²) in [6.45, 7) is 1.91. The van der Waals surface area contributed by atoms with Crippen molar-refractivity contribution in [3.05, 3.63) is 0 Å². The monoisotopic (exact) mass is 357 g/mol. The minimum absolute atomic E-state index is 0.0681. The molecule has 23 heavy (non-hydrogen) atoms. The minimum Gasteiger partial charge on any atom is -0.441 e. The molecule has 2 aliphatic rings. The molecule has 0 unspecified atom stereocenters. The van der Waals surface area contributed by atoms with E-state index in [4.69, 9.17) is 10.5 Å². The van der Waals surface area contributed by atoms with Gasteiger partial charge >= 0.3 is 6.09 Å². The highest BCUT2D eigenvalue weighted by molar-refractivity contribution is 8.01. The predicted octanol–water partition coefficient (Wildman–Crippen LogP) is 1.05. The SMILES string of the molecule is CN1C[C@]2(CCCN(C(=O)CSc3nnc(N)s3)CC2)OC1=O. The molecule has 2 fully saturated rings. The Labute approximate surface area is 142 Å². The van der Waals surface area contributed by atoms with Crippen molar-refractivity contribution in [3.8, 4) is 0 Å². The molecule has 0 saturated carbocycles. The number of likely N-dealkylation sites (N-methyl/N-ethyl adjacent to an activating group) is 1. The van der Waals surface area contributed by atoms with Gasteiger partial charge in [-0.1, -0.05) is 23.1 Å². The number of nitrogen functional groups attached to an aromatic ring is 1. The lowest BCUT2D eigenvalue weighted by molar-refractivity contribution is -0.128. The number of nitrogens with two attached hydrogens (primary N) is 1. The summed E-state index contributed by atoms with van der Waals surface area (Å²) >= 11 is 2.64. The molecule has 126 valence electrons. The Balaban J connectivity index is 1.53. The van der Waals surface area contributed by atoms with Crippen molar-refractivity contribution < 1.29 is 14.3 Å². The maximum atomic E-state index is 12.4. The van der Waals surface area contributed by atoms with Crippen LogP contribution in [0.2, 0.25) is 0 Å². The molecule has 0 bridgehead atoms. The van der Waals surface area contributed by atoms with E-state index in [1.807, 2.05) is 4.90 Å². The van der Waals surface area contributed by atoms with Gasteiger partial charge in [-0.25, -0.2) is 4.79 Å². The Morgan fingerprint density at radius 1 is 1.43 bits per heavy atom. The van der Waals surface area contributed by atoms with Crippen LogP contribution in [0.25, 0.3) is 0 Å². The quantitative estimate of drug-likeness (QED) is 0.807. The molecule has 1 aromatic rings. The van der Waals surface area contributed by atoms with Crippen LogP contribution < -0.4 is 5.73 Å². The average Bonchev–Trinajstić information content (AvgIpc) is 2.96. The van der Waals surface area contributed by atoms with Crippen LogP contribution in [0.1, 0.15) is 19.3 Å². The lowest BCUT2D eigenvalue weighted by Crippen LogP contribution is -2.37. The fraction of sp³-hybridized carbons (Fsp3) is 0.692. The number of hydrogen-bond acceptors (Lipinski definition) is 8. The number of carbonyl (C=O) groups excluding carboxylic acids is 2. The maximum absolute atomic E-state index is 12.4. The number of anilines is 1. The third-order valence-electron chi connectivity index (χ3n) is 4.13. The van der Waals surface area contributed by atoms with Gasteiger partial charge in [0.15, 0.2) is 4.34 Å². The molecule has 1 spiro atoms. The van der Waals surface area contributed by atoms with Gasteiger partial charge in [-0.05, 0) is 12.8 Å². The van der Waals surface area contributed by atoms with Crippen molar-refractivity contribution in [2.75, 3.05) is 38.2 Å². The van der Waals surface area contributed by atoms with Crippen molar-refractivity contribution in [2.45, 2.75) is 29.2 Å². The van der Waals surface area contributed by atoms with Crippen LogP contribution >= 0.6 is 23.1 Å². The number of aromatic nitrogens is 2. The molecule has 2 N–H and O–H groups in total. The van der Waals surface area contributed by atoms with Crippen LogP contribution in [0.15, 0.2) is 4.34 Å². The van der Waals surface area contributed by atoms with E-state index < -0.39 is 5.60 Å². The third kappa shape index (κ3) is 3.69. The molecule has 3 heterocycles. The number of amides is 2. The topological polar surface area (TPSA) is 102 Å². The van der Waals surface area contributed by atoms with E-state index in [-0.39, 0.29) is 12.0 Å². The van der Waals surface area contributed by atoms with Gasteiger partial charge in [-0.3, -0.25) is 4.79 Å². The molecule has 0 aromatic carbocycles. The highest BCUT2D eigenvalue weighted by atomic mass is 32.2. The number of rotatable bonds is 3. The van der Waals surface area contributed by atoms with E-state index in [0.29, 0.717) is 41.3 Å². The first-order valence-electron chi connectivity index (χ1n) is 7.41. The summed E-state index contributed by atoms with van der Waals surface area (Å²) in [6, 6.07) is 0. The van der Waals surface area contributed by atoms with Gasteiger partial charge in [-0.15, -0.1) is 10.2 Å². The number of carbonyl (C=O) groups is 2. The lowest BCUT2D eigenvalue weighted by atomic mass is 9.95. The van der Waals surface area contributed by atoms with Crippen molar-refractivity contribution in [1.29, 1.82) is 0 Å². The van der Waals surface area contributed by atoms with E-state index in [0.717, 1.165) is 12.8 Å². The van der Waals surface area contributed by atoms with Gasteiger partial charge in [0.2, 0.25) is 11.0 Å². The molecule has 0 aliphatic carbocycles. The van der Waals surface area contributed by atoms with Gasteiger partial charge < -0.3 is 20.3 Å². The highest BCUT2D eigenvalue weighted by Gasteiger charge is 2.44. The summed E-state index contributed by atoms with van der Waals surface area (Å²) in [6.07, 6.45) is 2.05. The molecular formula is C13H19N5O3S2. The fourth-order valence-corrected chi connectivity index (χ4v) is 4.50. The van der Waals surface area contributed by atoms with E-state index in [9.17, 15) is 9.59 Å². The van der Waals surface area contributed by atoms with Gasteiger partial charge in [0, 0.05) is 26.6 Å². The molecule has 3 rings (SSSR count). The second kappa shape index (κ2) is 6.52. The number of nitrogens with zero attached hydrogens (tertiary/aromatic N) is 4. The van der Waals surface area contributed by atoms with E-state index in [1.54, 1.807) is 11.9 Å². The Bertz CT molecular complexity index is 610. The molecular weight excluding hydrogens is 338 g/mol. The lowest BCUT2D eigenvalue weighted by Gasteiger charge is -2.25. The molecule has 2 aliphatic heterocycles. The summed E-state index contributed by atoms with van der Waals surface area (Å²) in [4.78, 5) is 27.5. The summed E-state index contributed by atoms with van der Waals surface area (Å²) in [5.74, 6) is 0.389. The van der Waals surface area contributed by atoms with Crippen LogP contribution in [0.5, 0.6) is 0 Å². The first-order chi connectivity index (χ1) is 11.0. The zero-order chi connectivity index (χ0) is 16.4. The predicted molar refractivity (Wildman–Crippen MR) is 87.3 cm³/mol. The van der Waals surface area contributed by atoms with Crippen LogP contribution in [0.4, 0.5) is 9.93 Å². The average molecular weight is 357 g/mol. The zero-order valence-electron chi connectivity index (χ0n) is 12.9. The molecule has 2 saturated heterocycles. The first-order valence-corrected chi connectivity index (χ1v) is 9.21. The second-order valence-corrected chi connectivity index (χ2v) is 8.07. The number of hydrogen-bond donors (Lipinski definition) is 1. The Kier molecular flexibility index (Phi) is 4.62. The summed E-state index contributed by atoms with van der Waals surface area (Å²) in [5, 5.41) is 8.04. The Morgan fingerprint density at radius 3 is 2.91 bits per heavy atom. The number of thioether (sulfide) groups is 1. The normalized spacial score (nSPS) is 24.8. The van der Waals surface area contributed by atoms with Crippen molar-refractivity contribution in [2.24, 2.45) is 0 Å².